The van der Waals surface area contributed by atoms with Crippen LogP contribution in [-0.2, 0) is 6.54 Å². The van der Waals surface area contributed by atoms with Crippen molar-refractivity contribution in [1.82, 2.24) is 5.32 Å². The average Bonchev–Trinajstić information content (AvgIpc) is 2.30. The second-order valence-electron chi connectivity index (χ2n) is 4.31. The first kappa shape index (κ1) is 14.7. The highest BCUT2D eigenvalue weighted by Gasteiger charge is 2.02. The van der Waals surface area contributed by atoms with E-state index in [9.17, 15) is 4.39 Å². The minimum absolute atomic E-state index is 0.297. The van der Waals surface area contributed by atoms with Gasteiger partial charge in [0.25, 0.3) is 0 Å². The molecule has 1 atom stereocenters. The molecule has 1 nitrogen and oxygen atoms in total. The summed E-state index contributed by atoms with van der Waals surface area (Å²) >= 11 is 11.6. The van der Waals surface area contributed by atoms with Crippen molar-refractivity contribution in [3.05, 3.63) is 34.6 Å². The van der Waals surface area contributed by atoms with Crippen molar-refractivity contribution < 1.29 is 4.39 Å². The van der Waals surface area contributed by atoms with E-state index in [4.69, 9.17) is 23.2 Å². The molecule has 0 aromatic heterocycles. The highest BCUT2D eigenvalue weighted by molar-refractivity contribution is 6.31. The van der Waals surface area contributed by atoms with Gasteiger partial charge >= 0.3 is 0 Å². The van der Waals surface area contributed by atoms with Gasteiger partial charge in [0.2, 0.25) is 0 Å². The van der Waals surface area contributed by atoms with E-state index >= 15 is 0 Å². The molecule has 0 aliphatic carbocycles. The Hall–Kier alpha value is -0.310. The molecule has 1 aromatic rings. The lowest BCUT2D eigenvalue weighted by atomic mass is 10.1. The highest BCUT2D eigenvalue weighted by Crippen LogP contribution is 2.16. The van der Waals surface area contributed by atoms with Gasteiger partial charge in [0.15, 0.2) is 0 Å². The standard InChI is InChI=1S/C13H18Cl2FN/c1-10(8-14)3-2-6-17-9-11-4-5-12(16)7-13(11)15/h4-5,7,10,17H,2-3,6,8-9H2,1H3. The van der Waals surface area contributed by atoms with Crippen LogP contribution in [0.4, 0.5) is 4.39 Å². The van der Waals surface area contributed by atoms with Gasteiger partial charge in [0.05, 0.1) is 0 Å². The van der Waals surface area contributed by atoms with Crippen LogP contribution in [0.1, 0.15) is 25.3 Å². The zero-order chi connectivity index (χ0) is 12.7. The number of halogens is 3. The first-order valence-electron chi connectivity index (χ1n) is 5.84. The molecule has 1 aromatic carbocycles. The van der Waals surface area contributed by atoms with E-state index in [0.717, 1.165) is 24.9 Å². The lowest BCUT2D eigenvalue weighted by Crippen LogP contribution is -2.16. The molecule has 0 aliphatic heterocycles. The van der Waals surface area contributed by atoms with Crippen molar-refractivity contribution in [1.29, 1.82) is 0 Å². The van der Waals surface area contributed by atoms with Gasteiger partial charge in [-0.25, -0.2) is 4.39 Å². The summed E-state index contributed by atoms with van der Waals surface area (Å²) in [6, 6.07) is 4.48. The van der Waals surface area contributed by atoms with Crippen LogP contribution in [-0.4, -0.2) is 12.4 Å². The second-order valence-corrected chi connectivity index (χ2v) is 5.03. The minimum atomic E-state index is -0.297. The minimum Gasteiger partial charge on any atom is -0.313 e. The van der Waals surface area contributed by atoms with E-state index in [1.807, 2.05) is 0 Å². The molecule has 0 spiro atoms. The molecule has 0 bridgehead atoms. The molecule has 17 heavy (non-hydrogen) atoms. The van der Waals surface area contributed by atoms with Gasteiger partial charge in [-0.05, 0) is 43.0 Å². The SMILES string of the molecule is CC(CCl)CCCNCc1ccc(F)cc1Cl. The van der Waals surface area contributed by atoms with Crippen LogP contribution < -0.4 is 5.32 Å². The smallest absolute Gasteiger partial charge is 0.124 e. The Kier molecular flexibility index (Phi) is 6.86. The molecule has 1 rings (SSSR count). The van der Waals surface area contributed by atoms with Crippen LogP contribution in [0.5, 0.6) is 0 Å². The Morgan fingerprint density at radius 3 is 2.82 bits per heavy atom. The van der Waals surface area contributed by atoms with Gasteiger partial charge in [0, 0.05) is 17.4 Å². The van der Waals surface area contributed by atoms with Gasteiger partial charge in [0.1, 0.15) is 5.82 Å². The van der Waals surface area contributed by atoms with Gasteiger partial charge in [-0.3, -0.25) is 0 Å². The Labute approximate surface area is 112 Å². The van der Waals surface area contributed by atoms with Crippen LogP contribution in [0, 0.1) is 11.7 Å². The zero-order valence-corrected chi connectivity index (χ0v) is 11.5. The van der Waals surface area contributed by atoms with Crippen molar-refractivity contribution in [2.24, 2.45) is 5.92 Å². The molecule has 0 saturated carbocycles. The third-order valence-electron chi connectivity index (χ3n) is 2.64. The van der Waals surface area contributed by atoms with Gasteiger partial charge in [-0.15, -0.1) is 11.6 Å². The van der Waals surface area contributed by atoms with Crippen LogP contribution in [0.2, 0.25) is 5.02 Å². The van der Waals surface area contributed by atoms with Crippen LogP contribution in [0.25, 0.3) is 0 Å². The quantitative estimate of drug-likeness (QED) is 0.581. The van der Waals surface area contributed by atoms with E-state index in [2.05, 4.69) is 12.2 Å². The molecular weight excluding hydrogens is 260 g/mol. The van der Waals surface area contributed by atoms with E-state index in [0.29, 0.717) is 23.4 Å². The Morgan fingerprint density at radius 1 is 1.41 bits per heavy atom. The number of alkyl halides is 1. The zero-order valence-electron chi connectivity index (χ0n) is 9.98. The predicted molar refractivity (Wildman–Crippen MR) is 72.2 cm³/mol. The summed E-state index contributed by atoms with van der Waals surface area (Å²) in [7, 11) is 0. The van der Waals surface area contributed by atoms with E-state index < -0.39 is 0 Å². The summed E-state index contributed by atoms with van der Waals surface area (Å²) in [6.45, 7) is 3.74. The van der Waals surface area contributed by atoms with E-state index in [-0.39, 0.29) is 5.82 Å². The molecule has 4 heteroatoms. The molecular formula is C13H18Cl2FN. The third-order valence-corrected chi connectivity index (χ3v) is 3.52. The Bertz CT molecular complexity index is 344. The summed E-state index contributed by atoms with van der Waals surface area (Å²) in [5.74, 6) is 0.978. The lowest BCUT2D eigenvalue weighted by molar-refractivity contribution is 0.531. The largest absolute Gasteiger partial charge is 0.313 e. The maximum atomic E-state index is 12.8. The topological polar surface area (TPSA) is 12.0 Å². The van der Waals surface area contributed by atoms with Crippen molar-refractivity contribution >= 4 is 23.2 Å². The highest BCUT2D eigenvalue weighted by atomic mass is 35.5. The van der Waals surface area contributed by atoms with Crippen molar-refractivity contribution in [3.63, 3.8) is 0 Å². The van der Waals surface area contributed by atoms with E-state index in [1.54, 1.807) is 6.07 Å². The molecule has 0 fully saturated rings. The first-order valence-corrected chi connectivity index (χ1v) is 6.75. The van der Waals surface area contributed by atoms with Gasteiger partial charge in [-0.2, -0.15) is 0 Å². The predicted octanol–water partition coefficient (Wildman–Crippen LogP) is 4.22. The molecule has 1 unspecified atom stereocenters. The number of benzene rings is 1. The van der Waals surface area contributed by atoms with Gasteiger partial charge < -0.3 is 5.32 Å². The summed E-state index contributed by atoms with van der Waals surface area (Å²) < 4.78 is 12.8. The number of nitrogens with one attached hydrogen (secondary N) is 1. The second kappa shape index (κ2) is 7.91. The molecule has 96 valence electrons. The molecule has 0 saturated heterocycles. The molecule has 0 aliphatic rings. The lowest BCUT2D eigenvalue weighted by Gasteiger charge is -2.09. The third kappa shape index (κ3) is 5.71. The summed E-state index contributed by atoms with van der Waals surface area (Å²) in [5.41, 5.74) is 0.929. The van der Waals surface area contributed by atoms with Crippen LogP contribution >= 0.6 is 23.2 Å². The summed E-state index contributed by atoms with van der Waals surface area (Å²) in [6.07, 6.45) is 2.21. The van der Waals surface area contributed by atoms with Crippen LogP contribution in [0.15, 0.2) is 18.2 Å². The number of rotatable bonds is 7. The monoisotopic (exact) mass is 277 g/mol. The van der Waals surface area contributed by atoms with Crippen molar-refractivity contribution in [2.75, 3.05) is 12.4 Å². The summed E-state index contributed by atoms with van der Waals surface area (Å²) in [5, 5.41) is 3.77. The van der Waals surface area contributed by atoms with E-state index in [1.165, 1.54) is 12.1 Å². The fourth-order valence-corrected chi connectivity index (χ4v) is 1.93. The van der Waals surface area contributed by atoms with Crippen LogP contribution in [0.3, 0.4) is 0 Å². The molecule has 0 amide bonds. The average molecular weight is 278 g/mol. The summed E-state index contributed by atoms with van der Waals surface area (Å²) in [4.78, 5) is 0. The Morgan fingerprint density at radius 2 is 2.18 bits per heavy atom. The molecule has 0 radical (unpaired) electrons. The van der Waals surface area contributed by atoms with Crippen molar-refractivity contribution in [2.45, 2.75) is 26.3 Å². The molecule has 0 heterocycles. The van der Waals surface area contributed by atoms with Gasteiger partial charge in [-0.1, -0.05) is 24.6 Å². The Balaban J connectivity index is 2.22. The fourth-order valence-electron chi connectivity index (χ4n) is 1.54. The maximum Gasteiger partial charge on any atom is 0.124 e. The molecule has 1 N–H and O–H groups in total. The fraction of sp³-hybridized carbons (Fsp3) is 0.538. The van der Waals surface area contributed by atoms with Crippen molar-refractivity contribution in [3.8, 4) is 0 Å². The maximum absolute atomic E-state index is 12.8. The number of hydrogen-bond acceptors (Lipinski definition) is 1. The number of hydrogen-bond donors (Lipinski definition) is 1. The normalized spacial score (nSPS) is 12.7. The first-order chi connectivity index (χ1) is 8.13.